The van der Waals surface area contributed by atoms with Crippen molar-refractivity contribution < 1.29 is 0 Å². The molecule has 1 N–H and O–H groups in total. The van der Waals surface area contributed by atoms with E-state index >= 15 is 0 Å². The SMILES string of the molecule is CNc1nccc(C2CCN(C)CC2)n1. The fraction of sp³-hybridized carbons (Fsp3) is 0.636. The molecule has 1 aliphatic heterocycles. The smallest absolute Gasteiger partial charge is 0.222 e. The van der Waals surface area contributed by atoms with E-state index in [0.29, 0.717) is 5.92 Å². The first-order valence-electron chi connectivity index (χ1n) is 5.49. The minimum Gasteiger partial charge on any atom is -0.357 e. The average molecular weight is 206 g/mol. The molecule has 1 fully saturated rings. The summed E-state index contributed by atoms with van der Waals surface area (Å²) in [5.41, 5.74) is 1.18. The van der Waals surface area contributed by atoms with Crippen LogP contribution in [0.4, 0.5) is 5.95 Å². The van der Waals surface area contributed by atoms with Gasteiger partial charge in [0.1, 0.15) is 0 Å². The van der Waals surface area contributed by atoms with E-state index in [1.54, 1.807) is 0 Å². The number of aromatic nitrogens is 2. The van der Waals surface area contributed by atoms with Gasteiger partial charge in [0.25, 0.3) is 0 Å². The van der Waals surface area contributed by atoms with Gasteiger partial charge in [-0.05, 0) is 39.0 Å². The largest absolute Gasteiger partial charge is 0.357 e. The van der Waals surface area contributed by atoms with Gasteiger partial charge in [-0.15, -0.1) is 0 Å². The van der Waals surface area contributed by atoms with Crippen molar-refractivity contribution in [1.29, 1.82) is 0 Å². The standard InChI is InChI=1S/C11H18N4/c1-12-11-13-6-3-10(14-11)9-4-7-15(2)8-5-9/h3,6,9H,4-5,7-8H2,1-2H3,(H,12,13,14). The minimum atomic E-state index is 0.608. The molecule has 0 aromatic carbocycles. The van der Waals surface area contributed by atoms with Gasteiger partial charge >= 0.3 is 0 Å². The van der Waals surface area contributed by atoms with Crippen molar-refractivity contribution in [3.05, 3.63) is 18.0 Å². The number of anilines is 1. The van der Waals surface area contributed by atoms with E-state index in [0.717, 1.165) is 5.95 Å². The molecule has 0 bridgehead atoms. The first kappa shape index (κ1) is 10.4. The second kappa shape index (κ2) is 4.57. The van der Waals surface area contributed by atoms with Crippen LogP contribution < -0.4 is 5.32 Å². The van der Waals surface area contributed by atoms with Crippen LogP contribution in [0, 0.1) is 0 Å². The summed E-state index contributed by atoms with van der Waals surface area (Å²) in [4.78, 5) is 11.0. The molecule has 2 heterocycles. The summed E-state index contributed by atoms with van der Waals surface area (Å²) in [5, 5.41) is 2.98. The number of piperidine rings is 1. The Hall–Kier alpha value is -1.16. The monoisotopic (exact) mass is 206 g/mol. The number of likely N-dealkylation sites (tertiary alicyclic amines) is 1. The Morgan fingerprint density at radius 1 is 1.40 bits per heavy atom. The van der Waals surface area contributed by atoms with E-state index in [2.05, 4.69) is 27.2 Å². The maximum Gasteiger partial charge on any atom is 0.222 e. The molecule has 4 heteroatoms. The molecular weight excluding hydrogens is 188 g/mol. The first-order chi connectivity index (χ1) is 7.29. The molecule has 0 radical (unpaired) electrons. The van der Waals surface area contributed by atoms with Crippen LogP contribution >= 0.6 is 0 Å². The highest BCUT2D eigenvalue weighted by Gasteiger charge is 2.19. The highest BCUT2D eigenvalue weighted by atomic mass is 15.1. The van der Waals surface area contributed by atoms with Gasteiger partial charge in [-0.25, -0.2) is 9.97 Å². The topological polar surface area (TPSA) is 41.1 Å². The third-order valence-corrected chi connectivity index (χ3v) is 3.04. The summed E-state index contributed by atoms with van der Waals surface area (Å²) in [6, 6.07) is 2.04. The number of hydrogen-bond acceptors (Lipinski definition) is 4. The molecule has 4 nitrogen and oxygen atoms in total. The van der Waals surface area contributed by atoms with E-state index in [1.165, 1.54) is 31.6 Å². The lowest BCUT2D eigenvalue weighted by Crippen LogP contribution is -2.29. The molecule has 0 atom stereocenters. The molecule has 0 aliphatic carbocycles. The van der Waals surface area contributed by atoms with Crippen LogP contribution in [0.5, 0.6) is 0 Å². The zero-order chi connectivity index (χ0) is 10.7. The molecule has 1 saturated heterocycles. The first-order valence-corrected chi connectivity index (χ1v) is 5.49. The van der Waals surface area contributed by atoms with Crippen LogP contribution in [0.15, 0.2) is 12.3 Å². The van der Waals surface area contributed by atoms with Crippen LogP contribution in [0.3, 0.4) is 0 Å². The van der Waals surface area contributed by atoms with E-state index in [4.69, 9.17) is 0 Å². The van der Waals surface area contributed by atoms with Crippen molar-refractivity contribution >= 4 is 5.95 Å². The molecule has 82 valence electrons. The molecule has 1 aromatic rings. The average Bonchev–Trinajstić information content (AvgIpc) is 2.30. The quantitative estimate of drug-likeness (QED) is 0.792. The van der Waals surface area contributed by atoms with Crippen molar-refractivity contribution in [2.75, 3.05) is 32.5 Å². The number of hydrogen-bond donors (Lipinski definition) is 1. The Kier molecular flexibility index (Phi) is 3.16. The highest BCUT2D eigenvalue weighted by Crippen LogP contribution is 2.25. The maximum absolute atomic E-state index is 4.50. The molecule has 0 unspecified atom stereocenters. The fourth-order valence-corrected chi connectivity index (χ4v) is 2.02. The zero-order valence-electron chi connectivity index (χ0n) is 9.40. The molecule has 0 spiro atoms. The molecule has 0 amide bonds. The second-order valence-electron chi connectivity index (χ2n) is 4.13. The van der Waals surface area contributed by atoms with Gasteiger partial charge in [-0.3, -0.25) is 0 Å². The Balaban J connectivity index is 2.08. The van der Waals surface area contributed by atoms with E-state index in [-0.39, 0.29) is 0 Å². The van der Waals surface area contributed by atoms with E-state index < -0.39 is 0 Å². The number of nitrogens with one attached hydrogen (secondary N) is 1. The van der Waals surface area contributed by atoms with Crippen LogP contribution in [-0.2, 0) is 0 Å². The van der Waals surface area contributed by atoms with Gasteiger partial charge in [-0.1, -0.05) is 0 Å². The second-order valence-corrected chi connectivity index (χ2v) is 4.13. The summed E-state index contributed by atoms with van der Waals surface area (Å²) in [6.07, 6.45) is 4.25. The predicted molar refractivity (Wildman–Crippen MR) is 61.1 cm³/mol. The summed E-state index contributed by atoms with van der Waals surface area (Å²) >= 11 is 0. The van der Waals surface area contributed by atoms with Crippen LogP contribution in [0.1, 0.15) is 24.5 Å². The van der Waals surface area contributed by atoms with Crippen molar-refractivity contribution in [3.8, 4) is 0 Å². The van der Waals surface area contributed by atoms with Gasteiger partial charge < -0.3 is 10.2 Å². The molecule has 15 heavy (non-hydrogen) atoms. The third kappa shape index (κ3) is 2.45. The molecule has 1 aliphatic rings. The van der Waals surface area contributed by atoms with Gasteiger partial charge in [0.05, 0.1) is 0 Å². The number of rotatable bonds is 2. The fourth-order valence-electron chi connectivity index (χ4n) is 2.02. The minimum absolute atomic E-state index is 0.608. The van der Waals surface area contributed by atoms with Crippen molar-refractivity contribution in [2.45, 2.75) is 18.8 Å². The normalized spacial score (nSPS) is 19.1. The van der Waals surface area contributed by atoms with Gasteiger partial charge in [0.15, 0.2) is 0 Å². The molecular formula is C11H18N4. The Morgan fingerprint density at radius 2 is 2.13 bits per heavy atom. The molecule has 2 rings (SSSR count). The zero-order valence-corrected chi connectivity index (χ0v) is 9.40. The lowest BCUT2D eigenvalue weighted by molar-refractivity contribution is 0.253. The number of nitrogens with zero attached hydrogens (tertiary/aromatic N) is 3. The Bertz CT molecular complexity index is 318. The highest BCUT2D eigenvalue weighted by molar-refractivity contribution is 5.25. The van der Waals surface area contributed by atoms with Gasteiger partial charge in [0, 0.05) is 24.9 Å². The van der Waals surface area contributed by atoms with Crippen molar-refractivity contribution in [1.82, 2.24) is 14.9 Å². The van der Waals surface area contributed by atoms with Gasteiger partial charge in [-0.2, -0.15) is 0 Å². The predicted octanol–water partition coefficient (Wildman–Crippen LogP) is 1.33. The van der Waals surface area contributed by atoms with Crippen molar-refractivity contribution in [2.24, 2.45) is 0 Å². The van der Waals surface area contributed by atoms with Crippen molar-refractivity contribution in [3.63, 3.8) is 0 Å². The lowest BCUT2D eigenvalue weighted by Gasteiger charge is -2.28. The lowest BCUT2D eigenvalue weighted by atomic mass is 9.94. The van der Waals surface area contributed by atoms with E-state index in [9.17, 15) is 0 Å². The van der Waals surface area contributed by atoms with Crippen LogP contribution in [0.25, 0.3) is 0 Å². The Morgan fingerprint density at radius 3 is 2.80 bits per heavy atom. The summed E-state index contributed by atoms with van der Waals surface area (Å²) < 4.78 is 0. The van der Waals surface area contributed by atoms with Crippen LogP contribution in [-0.4, -0.2) is 42.1 Å². The molecule has 1 aromatic heterocycles. The summed E-state index contributed by atoms with van der Waals surface area (Å²) in [5.74, 6) is 1.34. The van der Waals surface area contributed by atoms with E-state index in [1.807, 2.05) is 19.3 Å². The van der Waals surface area contributed by atoms with Gasteiger partial charge in [0.2, 0.25) is 5.95 Å². The summed E-state index contributed by atoms with van der Waals surface area (Å²) in [7, 11) is 4.03. The maximum atomic E-state index is 4.50. The van der Waals surface area contributed by atoms with Crippen LogP contribution in [0.2, 0.25) is 0 Å². The summed E-state index contributed by atoms with van der Waals surface area (Å²) in [6.45, 7) is 2.34. The molecule has 0 saturated carbocycles. The Labute approximate surface area is 90.7 Å². The third-order valence-electron chi connectivity index (χ3n) is 3.04.